The molecule has 0 aromatic heterocycles. The molecule has 0 fully saturated rings. The molecule has 0 rings (SSSR count). The Balaban J connectivity index is 3.71. The third-order valence-electron chi connectivity index (χ3n) is 1.18. The second-order valence-corrected chi connectivity index (χ2v) is 3.12. The SMILES string of the molecule is [CH]=CC(C)(O)CC(C)C. The van der Waals surface area contributed by atoms with Crippen LogP contribution < -0.4 is 0 Å². The monoisotopic (exact) mass is 127 g/mol. The van der Waals surface area contributed by atoms with Crippen LogP contribution in [0.4, 0.5) is 0 Å². The van der Waals surface area contributed by atoms with Gasteiger partial charge in [0.15, 0.2) is 0 Å². The van der Waals surface area contributed by atoms with Gasteiger partial charge in [-0.25, -0.2) is 0 Å². The Morgan fingerprint density at radius 3 is 2.22 bits per heavy atom. The van der Waals surface area contributed by atoms with Gasteiger partial charge in [-0.2, -0.15) is 0 Å². The van der Waals surface area contributed by atoms with Crippen LogP contribution in [-0.2, 0) is 0 Å². The first-order chi connectivity index (χ1) is 3.98. The second kappa shape index (κ2) is 3.02. The summed E-state index contributed by atoms with van der Waals surface area (Å²) in [6.45, 7) is 11.0. The Kier molecular flexibility index (Phi) is 2.92. The van der Waals surface area contributed by atoms with Gasteiger partial charge in [-0.05, 0) is 19.3 Å². The van der Waals surface area contributed by atoms with Gasteiger partial charge < -0.3 is 5.11 Å². The zero-order valence-electron chi connectivity index (χ0n) is 6.39. The van der Waals surface area contributed by atoms with Crippen molar-refractivity contribution in [3.05, 3.63) is 12.7 Å². The minimum absolute atomic E-state index is 0.486. The fraction of sp³-hybridized carbons (Fsp3) is 0.750. The predicted octanol–water partition coefficient (Wildman–Crippen LogP) is 1.77. The van der Waals surface area contributed by atoms with E-state index < -0.39 is 5.60 Å². The quantitative estimate of drug-likeness (QED) is 0.612. The zero-order valence-corrected chi connectivity index (χ0v) is 6.39. The van der Waals surface area contributed by atoms with Crippen LogP contribution >= 0.6 is 0 Å². The molecule has 0 spiro atoms. The minimum atomic E-state index is -0.784. The van der Waals surface area contributed by atoms with Gasteiger partial charge in [0.05, 0.1) is 5.60 Å². The molecule has 53 valence electrons. The first-order valence-electron chi connectivity index (χ1n) is 3.26. The molecule has 0 saturated carbocycles. The molecular formula is C8H15O. The summed E-state index contributed by atoms with van der Waals surface area (Å²) < 4.78 is 0. The van der Waals surface area contributed by atoms with Crippen molar-refractivity contribution in [3.8, 4) is 0 Å². The molecule has 0 amide bonds. The van der Waals surface area contributed by atoms with E-state index in [9.17, 15) is 5.11 Å². The fourth-order valence-corrected chi connectivity index (χ4v) is 0.895. The molecule has 9 heavy (non-hydrogen) atoms. The van der Waals surface area contributed by atoms with Crippen LogP contribution in [0, 0.1) is 12.5 Å². The van der Waals surface area contributed by atoms with Crippen LogP contribution in [0.1, 0.15) is 27.2 Å². The summed E-state index contributed by atoms with van der Waals surface area (Å²) in [4.78, 5) is 0. The van der Waals surface area contributed by atoms with Crippen LogP contribution in [0.15, 0.2) is 6.08 Å². The lowest BCUT2D eigenvalue weighted by atomic mass is 9.95. The lowest BCUT2D eigenvalue weighted by molar-refractivity contribution is 0.0877. The van der Waals surface area contributed by atoms with Crippen LogP contribution in [0.3, 0.4) is 0 Å². The second-order valence-electron chi connectivity index (χ2n) is 3.12. The highest BCUT2D eigenvalue weighted by atomic mass is 16.3. The lowest BCUT2D eigenvalue weighted by Gasteiger charge is -2.19. The highest BCUT2D eigenvalue weighted by Gasteiger charge is 2.16. The molecule has 1 heteroatoms. The largest absolute Gasteiger partial charge is 0.386 e. The van der Waals surface area contributed by atoms with Gasteiger partial charge >= 0.3 is 0 Å². The maximum atomic E-state index is 9.31. The van der Waals surface area contributed by atoms with Crippen LogP contribution in [0.5, 0.6) is 0 Å². The Morgan fingerprint density at radius 1 is 1.67 bits per heavy atom. The number of aliphatic hydroxyl groups is 1. The van der Waals surface area contributed by atoms with Gasteiger partial charge in [-0.3, -0.25) is 0 Å². The molecule has 0 heterocycles. The van der Waals surface area contributed by atoms with Crippen molar-refractivity contribution >= 4 is 0 Å². The van der Waals surface area contributed by atoms with Crippen molar-refractivity contribution in [1.82, 2.24) is 0 Å². The number of rotatable bonds is 3. The average molecular weight is 127 g/mol. The maximum absolute atomic E-state index is 9.31. The van der Waals surface area contributed by atoms with Crippen molar-refractivity contribution in [2.45, 2.75) is 32.8 Å². The number of hydrogen-bond donors (Lipinski definition) is 1. The lowest BCUT2D eigenvalue weighted by Crippen LogP contribution is -2.22. The molecule has 1 atom stereocenters. The topological polar surface area (TPSA) is 20.2 Å². The number of hydrogen-bond acceptors (Lipinski definition) is 1. The van der Waals surface area contributed by atoms with Crippen molar-refractivity contribution in [2.75, 3.05) is 0 Å². The summed E-state index contributed by atoms with van der Waals surface area (Å²) in [7, 11) is 0. The Labute approximate surface area is 57.4 Å². The Bertz CT molecular complexity index is 92.7. The van der Waals surface area contributed by atoms with Gasteiger partial charge in [0.1, 0.15) is 0 Å². The van der Waals surface area contributed by atoms with E-state index in [-0.39, 0.29) is 0 Å². The Hall–Kier alpha value is -0.300. The highest BCUT2D eigenvalue weighted by molar-refractivity contribution is 4.89. The van der Waals surface area contributed by atoms with Crippen molar-refractivity contribution in [1.29, 1.82) is 0 Å². The van der Waals surface area contributed by atoms with Crippen molar-refractivity contribution in [2.24, 2.45) is 5.92 Å². The summed E-state index contributed by atoms with van der Waals surface area (Å²) in [5.74, 6) is 0.486. The summed E-state index contributed by atoms with van der Waals surface area (Å²) >= 11 is 0. The molecule has 1 nitrogen and oxygen atoms in total. The molecule has 0 aromatic carbocycles. The van der Waals surface area contributed by atoms with Gasteiger partial charge in [-0.15, -0.1) is 0 Å². The van der Waals surface area contributed by atoms with Gasteiger partial charge in [0.2, 0.25) is 0 Å². The summed E-state index contributed by atoms with van der Waals surface area (Å²) in [6, 6.07) is 0. The van der Waals surface area contributed by atoms with Crippen LogP contribution in [0.25, 0.3) is 0 Å². The highest BCUT2D eigenvalue weighted by Crippen LogP contribution is 2.15. The molecule has 1 N–H and O–H groups in total. The minimum Gasteiger partial charge on any atom is -0.386 e. The van der Waals surface area contributed by atoms with E-state index >= 15 is 0 Å². The average Bonchev–Trinajstić information content (AvgIpc) is 1.63. The van der Waals surface area contributed by atoms with Gasteiger partial charge in [0.25, 0.3) is 0 Å². The van der Waals surface area contributed by atoms with E-state index in [2.05, 4.69) is 13.8 Å². The first-order valence-corrected chi connectivity index (χ1v) is 3.26. The van der Waals surface area contributed by atoms with E-state index in [1.807, 2.05) is 0 Å². The normalized spacial score (nSPS) is 17.4. The van der Waals surface area contributed by atoms with Crippen LogP contribution in [0.2, 0.25) is 0 Å². The van der Waals surface area contributed by atoms with Crippen molar-refractivity contribution in [3.63, 3.8) is 0 Å². The summed E-state index contributed by atoms with van der Waals surface area (Å²) in [5.41, 5.74) is -0.784. The fourth-order valence-electron chi connectivity index (χ4n) is 0.895. The molecule has 0 aliphatic carbocycles. The third kappa shape index (κ3) is 4.22. The molecular weight excluding hydrogens is 112 g/mol. The first kappa shape index (κ1) is 8.70. The molecule has 1 radical (unpaired) electrons. The zero-order chi connectivity index (χ0) is 7.49. The summed E-state index contributed by atoms with van der Waals surface area (Å²) in [6.07, 6.45) is 2.07. The van der Waals surface area contributed by atoms with E-state index in [4.69, 9.17) is 6.58 Å². The van der Waals surface area contributed by atoms with Crippen LogP contribution in [-0.4, -0.2) is 10.7 Å². The summed E-state index contributed by atoms with van der Waals surface area (Å²) in [5, 5.41) is 9.31. The third-order valence-corrected chi connectivity index (χ3v) is 1.18. The van der Waals surface area contributed by atoms with E-state index in [1.54, 1.807) is 6.92 Å². The van der Waals surface area contributed by atoms with E-state index in [1.165, 1.54) is 6.08 Å². The van der Waals surface area contributed by atoms with Gasteiger partial charge in [-0.1, -0.05) is 26.5 Å². The van der Waals surface area contributed by atoms with Crippen molar-refractivity contribution < 1.29 is 5.11 Å². The smallest absolute Gasteiger partial charge is 0.0805 e. The predicted molar refractivity (Wildman–Crippen MR) is 38.9 cm³/mol. The Morgan fingerprint density at radius 2 is 2.11 bits per heavy atom. The van der Waals surface area contributed by atoms with E-state index in [0.29, 0.717) is 5.92 Å². The van der Waals surface area contributed by atoms with E-state index in [0.717, 1.165) is 6.42 Å². The maximum Gasteiger partial charge on any atom is 0.0805 e. The molecule has 0 aliphatic rings. The molecule has 0 bridgehead atoms. The standard InChI is InChI=1S/C8H15O/c1-5-8(4,9)6-7(2)3/h1,5,7,9H,6H2,2-4H3. The molecule has 0 aromatic rings. The van der Waals surface area contributed by atoms with Gasteiger partial charge in [0, 0.05) is 0 Å². The molecule has 1 unspecified atom stereocenters. The molecule has 0 aliphatic heterocycles. The molecule has 0 saturated heterocycles.